The molecule has 15 heavy (non-hydrogen) atoms. The predicted molar refractivity (Wildman–Crippen MR) is 62.9 cm³/mol. The Morgan fingerprint density at radius 2 is 2.47 bits per heavy atom. The lowest BCUT2D eigenvalue weighted by Crippen LogP contribution is -2.33. The van der Waals surface area contributed by atoms with Crippen LogP contribution in [-0.2, 0) is 0 Å². The lowest BCUT2D eigenvalue weighted by atomic mass is 10.1. The first-order chi connectivity index (χ1) is 7.29. The molecule has 0 saturated heterocycles. The van der Waals surface area contributed by atoms with Gasteiger partial charge in [-0.3, -0.25) is 0 Å². The van der Waals surface area contributed by atoms with Crippen LogP contribution in [-0.4, -0.2) is 26.2 Å². The van der Waals surface area contributed by atoms with Crippen LogP contribution in [0.1, 0.15) is 6.42 Å². The molecule has 0 radical (unpaired) electrons. The summed E-state index contributed by atoms with van der Waals surface area (Å²) in [5, 5.41) is 7.29. The second-order valence-electron chi connectivity index (χ2n) is 3.68. The number of halogens is 1. The minimum atomic E-state index is 0.364. The molecule has 2 rings (SSSR count). The van der Waals surface area contributed by atoms with E-state index in [0.29, 0.717) is 6.04 Å². The zero-order valence-electron chi connectivity index (χ0n) is 8.72. The first-order valence-electron chi connectivity index (χ1n) is 5.13. The molecule has 0 aromatic heterocycles. The maximum Gasteiger partial charge on any atom is 0.142 e. The molecular weight excluding hydrogens is 212 g/mol. The normalized spacial score (nSPS) is 18.9. The maximum absolute atomic E-state index is 5.92. The Hall–Kier alpha value is -0.930. The summed E-state index contributed by atoms with van der Waals surface area (Å²) >= 11 is 5.92. The molecule has 1 atom stereocenters. The van der Waals surface area contributed by atoms with Crippen LogP contribution in [0.3, 0.4) is 0 Å². The smallest absolute Gasteiger partial charge is 0.142 e. The van der Waals surface area contributed by atoms with E-state index in [4.69, 9.17) is 16.3 Å². The van der Waals surface area contributed by atoms with Crippen LogP contribution in [0.15, 0.2) is 18.2 Å². The van der Waals surface area contributed by atoms with Gasteiger partial charge in [-0.1, -0.05) is 11.6 Å². The molecule has 1 aromatic rings. The third kappa shape index (κ3) is 2.55. The molecule has 0 fully saturated rings. The number of ether oxygens (including phenoxy) is 1. The summed E-state index contributed by atoms with van der Waals surface area (Å²) in [5.41, 5.74) is 0.995. The summed E-state index contributed by atoms with van der Waals surface area (Å²) in [6.07, 6.45) is 1.04. The van der Waals surface area contributed by atoms with E-state index < -0.39 is 0 Å². The van der Waals surface area contributed by atoms with Gasteiger partial charge in [-0.05, 0) is 38.2 Å². The van der Waals surface area contributed by atoms with Crippen molar-refractivity contribution in [1.82, 2.24) is 5.32 Å². The van der Waals surface area contributed by atoms with Gasteiger partial charge in [0.25, 0.3) is 0 Å². The minimum Gasteiger partial charge on any atom is -0.489 e. The van der Waals surface area contributed by atoms with Gasteiger partial charge in [0.2, 0.25) is 0 Å². The maximum atomic E-state index is 5.92. The Balaban J connectivity index is 2.05. The van der Waals surface area contributed by atoms with Crippen molar-refractivity contribution in [3.8, 4) is 5.75 Å². The first kappa shape index (κ1) is 10.6. The van der Waals surface area contributed by atoms with Crippen molar-refractivity contribution in [2.45, 2.75) is 12.5 Å². The van der Waals surface area contributed by atoms with E-state index in [1.165, 1.54) is 0 Å². The van der Waals surface area contributed by atoms with Gasteiger partial charge in [0, 0.05) is 5.02 Å². The molecule has 0 saturated carbocycles. The van der Waals surface area contributed by atoms with E-state index in [9.17, 15) is 0 Å². The quantitative estimate of drug-likeness (QED) is 0.829. The third-order valence-electron chi connectivity index (χ3n) is 2.48. The summed E-state index contributed by atoms with van der Waals surface area (Å²) in [6, 6.07) is 6.01. The second-order valence-corrected chi connectivity index (χ2v) is 4.12. The number of hydrogen-bond donors (Lipinski definition) is 2. The fourth-order valence-electron chi connectivity index (χ4n) is 1.67. The van der Waals surface area contributed by atoms with E-state index in [1.807, 2.05) is 25.2 Å². The molecule has 1 unspecified atom stereocenters. The van der Waals surface area contributed by atoms with Crippen LogP contribution in [0.2, 0.25) is 5.02 Å². The van der Waals surface area contributed by atoms with Gasteiger partial charge in [-0.2, -0.15) is 0 Å². The number of benzene rings is 1. The SMILES string of the molecule is CNCCC1COc2ccc(Cl)cc2N1. The number of nitrogens with one attached hydrogen (secondary N) is 2. The summed E-state index contributed by atoms with van der Waals surface area (Å²) in [7, 11) is 1.95. The van der Waals surface area contributed by atoms with Gasteiger partial charge < -0.3 is 15.4 Å². The van der Waals surface area contributed by atoms with Crippen LogP contribution >= 0.6 is 11.6 Å². The topological polar surface area (TPSA) is 33.3 Å². The second kappa shape index (κ2) is 4.73. The van der Waals surface area contributed by atoms with Crippen LogP contribution in [0.4, 0.5) is 5.69 Å². The molecule has 0 bridgehead atoms. The number of rotatable bonds is 3. The summed E-state index contributed by atoms with van der Waals surface area (Å²) in [4.78, 5) is 0. The van der Waals surface area contributed by atoms with Crippen molar-refractivity contribution < 1.29 is 4.74 Å². The molecule has 0 aliphatic carbocycles. The largest absolute Gasteiger partial charge is 0.489 e. The molecule has 3 nitrogen and oxygen atoms in total. The Bertz CT molecular complexity index is 343. The predicted octanol–water partition coefficient (Wildman–Crippen LogP) is 2.12. The minimum absolute atomic E-state index is 0.364. The van der Waals surface area contributed by atoms with E-state index in [-0.39, 0.29) is 0 Å². The lowest BCUT2D eigenvalue weighted by Gasteiger charge is -2.27. The van der Waals surface area contributed by atoms with Crippen LogP contribution in [0.5, 0.6) is 5.75 Å². The molecule has 0 spiro atoms. The highest BCUT2D eigenvalue weighted by molar-refractivity contribution is 6.30. The van der Waals surface area contributed by atoms with Crippen molar-refractivity contribution in [3.05, 3.63) is 23.2 Å². The van der Waals surface area contributed by atoms with E-state index in [1.54, 1.807) is 0 Å². The van der Waals surface area contributed by atoms with Gasteiger partial charge in [-0.15, -0.1) is 0 Å². The Morgan fingerprint density at radius 3 is 3.27 bits per heavy atom. The monoisotopic (exact) mass is 226 g/mol. The Labute approximate surface area is 94.8 Å². The molecule has 1 aliphatic rings. The molecule has 1 aromatic carbocycles. The van der Waals surface area contributed by atoms with Crippen molar-refractivity contribution in [1.29, 1.82) is 0 Å². The van der Waals surface area contributed by atoms with E-state index >= 15 is 0 Å². The van der Waals surface area contributed by atoms with E-state index in [2.05, 4.69) is 10.6 Å². The van der Waals surface area contributed by atoms with Crippen LogP contribution in [0, 0.1) is 0 Å². The molecule has 1 aliphatic heterocycles. The van der Waals surface area contributed by atoms with Gasteiger partial charge in [0.1, 0.15) is 12.4 Å². The van der Waals surface area contributed by atoms with Gasteiger partial charge in [-0.25, -0.2) is 0 Å². The molecular formula is C11H15ClN2O. The van der Waals surface area contributed by atoms with Crippen molar-refractivity contribution in [2.75, 3.05) is 25.5 Å². The number of hydrogen-bond acceptors (Lipinski definition) is 3. The highest BCUT2D eigenvalue weighted by atomic mass is 35.5. The Kier molecular flexibility index (Phi) is 3.34. The lowest BCUT2D eigenvalue weighted by molar-refractivity contribution is 0.278. The summed E-state index contributed by atoms with van der Waals surface area (Å²) in [5.74, 6) is 0.889. The molecule has 2 N–H and O–H groups in total. The number of fused-ring (bicyclic) bond motifs is 1. The highest BCUT2D eigenvalue weighted by Crippen LogP contribution is 2.31. The average Bonchev–Trinajstić information content (AvgIpc) is 2.25. The third-order valence-corrected chi connectivity index (χ3v) is 2.72. The standard InChI is InChI=1S/C11H15ClN2O/c1-13-5-4-9-7-15-11-3-2-8(12)6-10(11)14-9/h2-3,6,9,13-14H,4-5,7H2,1H3. The molecule has 1 heterocycles. The van der Waals surface area contributed by atoms with Gasteiger partial charge in [0.15, 0.2) is 0 Å². The summed E-state index contributed by atoms with van der Waals surface area (Å²) < 4.78 is 5.64. The van der Waals surface area contributed by atoms with E-state index in [0.717, 1.165) is 36.0 Å². The van der Waals surface area contributed by atoms with Gasteiger partial charge >= 0.3 is 0 Å². The molecule has 82 valence electrons. The fraction of sp³-hybridized carbons (Fsp3) is 0.455. The fourth-order valence-corrected chi connectivity index (χ4v) is 1.84. The Morgan fingerprint density at radius 1 is 1.60 bits per heavy atom. The molecule has 4 heteroatoms. The van der Waals surface area contributed by atoms with Crippen molar-refractivity contribution >= 4 is 17.3 Å². The first-order valence-corrected chi connectivity index (χ1v) is 5.51. The summed E-state index contributed by atoms with van der Waals surface area (Å²) in [6.45, 7) is 1.70. The zero-order valence-corrected chi connectivity index (χ0v) is 9.47. The van der Waals surface area contributed by atoms with Crippen molar-refractivity contribution in [3.63, 3.8) is 0 Å². The highest BCUT2D eigenvalue weighted by Gasteiger charge is 2.18. The molecule has 0 amide bonds. The van der Waals surface area contributed by atoms with Crippen LogP contribution in [0.25, 0.3) is 0 Å². The average molecular weight is 227 g/mol. The van der Waals surface area contributed by atoms with Crippen molar-refractivity contribution in [2.24, 2.45) is 0 Å². The number of anilines is 1. The van der Waals surface area contributed by atoms with Gasteiger partial charge in [0.05, 0.1) is 11.7 Å². The van der Waals surface area contributed by atoms with Crippen LogP contribution < -0.4 is 15.4 Å². The zero-order chi connectivity index (χ0) is 10.7.